The standard InChI is InChI=1S/C20H23BrN2O2/c1-3-5-12-22(4-2)20(25)18(23-13-7-6-11-19(23)24)15-16-9-8-10-17(21)14-16/h6-11,13-15H,3-5,12H2,1-2H3/b18-15-. The highest BCUT2D eigenvalue weighted by molar-refractivity contribution is 9.10. The van der Waals surface area contributed by atoms with Crippen LogP contribution in [0.4, 0.5) is 0 Å². The molecule has 2 aromatic rings. The summed E-state index contributed by atoms with van der Waals surface area (Å²) >= 11 is 3.44. The number of carbonyl (C=O) groups excluding carboxylic acids is 1. The number of halogens is 1. The Hall–Kier alpha value is -2.14. The summed E-state index contributed by atoms with van der Waals surface area (Å²) < 4.78 is 2.34. The zero-order valence-corrected chi connectivity index (χ0v) is 16.2. The van der Waals surface area contributed by atoms with E-state index in [1.807, 2.05) is 31.2 Å². The van der Waals surface area contributed by atoms with Crippen molar-refractivity contribution >= 4 is 33.6 Å². The first-order chi connectivity index (χ1) is 12.1. The molecule has 25 heavy (non-hydrogen) atoms. The molecule has 0 spiro atoms. The Morgan fingerprint density at radius 3 is 2.64 bits per heavy atom. The second-order valence-corrected chi connectivity index (χ2v) is 6.65. The third-order valence-corrected chi connectivity index (χ3v) is 4.40. The largest absolute Gasteiger partial charge is 0.338 e. The Kier molecular flexibility index (Phi) is 7.19. The number of nitrogens with zero attached hydrogens (tertiary/aromatic N) is 2. The molecule has 4 nitrogen and oxygen atoms in total. The van der Waals surface area contributed by atoms with Crippen LogP contribution in [-0.2, 0) is 4.79 Å². The highest BCUT2D eigenvalue weighted by Gasteiger charge is 2.19. The van der Waals surface area contributed by atoms with Crippen molar-refractivity contribution in [2.75, 3.05) is 13.1 Å². The van der Waals surface area contributed by atoms with Gasteiger partial charge in [-0.25, -0.2) is 0 Å². The maximum Gasteiger partial charge on any atom is 0.270 e. The number of likely N-dealkylation sites (N-methyl/N-ethyl adjacent to an activating group) is 1. The fourth-order valence-electron chi connectivity index (χ4n) is 2.53. The van der Waals surface area contributed by atoms with Gasteiger partial charge in [-0.1, -0.05) is 47.5 Å². The van der Waals surface area contributed by atoms with Crippen LogP contribution in [0.1, 0.15) is 32.3 Å². The van der Waals surface area contributed by atoms with E-state index in [2.05, 4.69) is 22.9 Å². The summed E-state index contributed by atoms with van der Waals surface area (Å²) in [6.07, 6.45) is 5.36. The van der Waals surface area contributed by atoms with E-state index in [9.17, 15) is 9.59 Å². The van der Waals surface area contributed by atoms with E-state index in [-0.39, 0.29) is 11.5 Å². The fourth-order valence-corrected chi connectivity index (χ4v) is 2.95. The van der Waals surface area contributed by atoms with E-state index < -0.39 is 0 Å². The third kappa shape index (κ3) is 5.16. The zero-order valence-electron chi connectivity index (χ0n) is 14.6. The van der Waals surface area contributed by atoms with Gasteiger partial charge >= 0.3 is 0 Å². The molecule has 0 radical (unpaired) electrons. The summed E-state index contributed by atoms with van der Waals surface area (Å²) in [5.74, 6) is -0.135. The Morgan fingerprint density at radius 1 is 1.20 bits per heavy atom. The van der Waals surface area contributed by atoms with E-state index in [1.54, 1.807) is 29.3 Å². The normalized spacial score (nSPS) is 11.4. The molecule has 0 fully saturated rings. The Morgan fingerprint density at radius 2 is 2.00 bits per heavy atom. The molecule has 5 heteroatoms. The van der Waals surface area contributed by atoms with Crippen LogP contribution < -0.4 is 5.56 Å². The predicted octanol–water partition coefficient (Wildman–Crippen LogP) is 4.26. The number of rotatable bonds is 7. The molecule has 1 heterocycles. The van der Waals surface area contributed by atoms with Crippen molar-refractivity contribution in [2.45, 2.75) is 26.7 Å². The van der Waals surface area contributed by atoms with Crippen molar-refractivity contribution in [3.63, 3.8) is 0 Å². The van der Waals surface area contributed by atoms with Crippen molar-refractivity contribution in [3.8, 4) is 0 Å². The molecule has 0 bridgehead atoms. The molecule has 0 unspecified atom stereocenters. The lowest BCUT2D eigenvalue weighted by Gasteiger charge is -2.23. The molecule has 0 aliphatic rings. The van der Waals surface area contributed by atoms with Gasteiger partial charge in [0.15, 0.2) is 0 Å². The minimum atomic E-state index is -0.219. The number of hydrogen-bond acceptors (Lipinski definition) is 2. The van der Waals surface area contributed by atoms with Crippen molar-refractivity contribution < 1.29 is 4.79 Å². The monoisotopic (exact) mass is 402 g/mol. The second-order valence-electron chi connectivity index (χ2n) is 5.73. The Balaban J connectivity index is 2.51. The first kappa shape index (κ1) is 19.2. The topological polar surface area (TPSA) is 42.3 Å². The zero-order chi connectivity index (χ0) is 18.2. The first-order valence-electron chi connectivity index (χ1n) is 8.51. The van der Waals surface area contributed by atoms with Crippen LogP contribution in [0.3, 0.4) is 0 Å². The van der Waals surface area contributed by atoms with Crippen molar-refractivity contribution in [1.29, 1.82) is 0 Å². The smallest absolute Gasteiger partial charge is 0.270 e. The lowest BCUT2D eigenvalue weighted by atomic mass is 10.1. The lowest BCUT2D eigenvalue weighted by Crippen LogP contribution is -2.35. The molecule has 1 amide bonds. The van der Waals surface area contributed by atoms with Gasteiger partial charge < -0.3 is 4.90 Å². The van der Waals surface area contributed by atoms with E-state index in [0.29, 0.717) is 18.8 Å². The molecule has 0 aliphatic heterocycles. The molecule has 132 valence electrons. The van der Waals surface area contributed by atoms with Crippen LogP contribution in [0.25, 0.3) is 11.8 Å². The Bertz CT molecular complexity index is 811. The number of hydrogen-bond donors (Lipinski definition) is 0. The van der Waals surface area contributed by atoms with Crippen LogP contribution >= 0.6 is 15.9 Å². The molecule has 0 saturated heterocycles. The van der Waals surface area contributed by atoms with E-state index in [4.69, 9.17) is 0 Å². The van der Waals surface area contributed by atoms with Crippen molar-refractivity contribution in [3.05, 3.63) is 69.1 Å². The molecule has 0 N–H and O–H groups in total. The SMILES string of the molecule is CCCCN(CC)C(=O)/C(=C/c1cccc(Br)c1)n1ccccc1=O. The number of benzene rings is 1. The minimum Gasteiger partial charge on any atom is -0.338 e. The van der Waals surface area contributed by atoms with Crippen LogP contribution in [0.15, 0.2) is 57.9 Å². The molecule has 1 aromatic carbocycles. The quantitative estimate of drug-likeness (QED) is 0.649. The van der Waals surface area contributed by atoms with Gasteiger partial charge in [-0.05, 0) is 43.2 Å². The molecule has 0 aliphatic carbocycles. The Labute approximate surface area is 156 Å². The summed E-state index contributed by atoms with van der Waals surface area (Å²) in [5, 5.41) is 0. The molecular weight excluding hydrogens is 380 g/mol. The molecule has 1 aromatic heterocycles. The molecule has 2 rings (SSSR count). The fraction of sp³-hybridized carbons (Fsp3) is 0.300. The first-order valence-corrected chi connectivity index (χ1v) is 9.30. The number of carbonyl (C=O) groups is 1. The van der Waals surface area contributed by atoms with Gasteiger partial charge in [0.2, 0.25) is 0 Å². The number of pyridine rings is 1. The van der Waals surface area contributed by atoms with Crippen molar-refractivity contribution in [1.82, 2.24) is 9.47 Å². The van der Waals surface area contributed by atoms with E-state index in [0.717, 1.165) is 22.9 Å². The highest BCUT2D eigenvalue weighted by atomic mass is 79.9. The third-order valence-electron chi connectivity index (χ3n) is 3.90. The van der Waals surface area contributed by atoms with Crippen LogP contribution in [-0.4, -0.2) is 28.5 Å². The van der Waals surface area contributed by atoms with Crippen LogP contribution in [0.5, 0.6) is 0 Å². The number of unbranched alkanes of at least 4 members (excludes halogenated alkanes) is 1. The van der Waals surface area contributed by atoms with E-state index >= 15 is 0 Å². The average Bonchev–Trinajstić information content (AvgIpc) is 2.61. The van der Waals surface area contributed by atoms with Gasteiger partial charge in [0, 0.05) is 29.8 Å². The maximum absolute atomic E-state index is 13.1. The summed E-state index contributed by atoms with van der Waals surface area (Å²) in [6.45, 7) is 5.34. The summed E-state index contributed by atoms with van der Waals surface area (Å²) in [7, 11) is 0. The van der Waals surface area contributed by atoms with Crippen LogP contribution in [0, 0.1) is 0 Å². The molecule has 0 saturated carbocycles. The number of amides is 1. The lowest BCUT2D eigenvalue weighted by molar-refractivity contribution is -0.125. The van der Waals surface area contributed by atoms with Gasteiger partial charge in [-0.3, -0.25) is 14.2 Å². The number of aromatic nitrogens is 1. The van der Waals surface area contributed by atoms with Crippen molar-refractivity contribution in [2.24, 2.45) is 0 Å². The van der Waals surface area contributed by atoms with Crippen LogP contribution in [0.2, 0.25) is 0 Å². The van der Waals surface area contributed by atoms with Gasteiger partial charge in [0.25, 0.3) is 11.5 Å². The van der Waals surface area contributed by atoms with Gasteiger partial charge in [-0.2, -0.15) is 0 Å². The maximum atomic E-state index is 13.1. The molecule has 0 atom stereocenters. The van der Waals surface area contributed by atoms with E-state index in [1.165, 1.54) is 10.6 Å². The van der Waals surface area contributed by atoms with Gasteiger partial charge in [0.1, 0.15) is 5.70 Å². The summed E-state index contributed by atoms with van der Waals surface area (Å²) in [5.41, 5.74) is 1.00. The highest BCUT2D eigenvalue weighted by Crippen LogP contribution is 2.17. The predicted molar refractivity (Wildman–Crippen MR) is 106 cm³/mol. The summed E-state index contributed by atoms with van der Waals surface area (Å²) in [4.78, 5) is 27.2. The molecular formula is C20H23BrN2O2. The minimum absolute atomic E-state index is 0.135. The van der Waals surface area contributed by atoms with Gasteiger partial charge in [-0.15, -0.1) is 0 Å². The summed E-state index contributed by atoms with van der Waals surface area (Å²) in [6, 6.07) is 12.6. The average molecular weight is 403 g/mol. The second kappa shape index (κ2) is 9.37. The van der Waals surface area contributed by atoms with Gasteiger partial charge in [0.05, 0.1) is 0 Å².